The quantitative estimate of drug-likeness (QED) is 0.745. The van der Waals surface area contributed by atoms with Crippen LogP contribution in [0.15, 0.2) is 30.3 Å². The number of morpholine rings is 1. The summed E-state index contributed by atoms with van der Waals surface area (Å²) in [5, 5.41) is 1.85. The topological polar surface area (TPSA) is 38.5 Å². The Bertz CT molecular complexity index is 294. The molecule has 2 unspecified atom stereocenters. The molecule has 1 aromatic carbocycles. The average Bonchev–Trinajstić information content (AvgIpc) is 2.23. The van der Waals surface area contributed by atoms with Crippen LogP contribution in [0.5, 0.6) is 0 Å². The summed E-state index contributed by atoms with van der Waals surface area (Å²) in [6, 6.07) is 10.5. The Hall–Kier alpha value is -0.610. The normalized spacial score (nSPS) is 27.1. The van der Waals surface area contributed by atoms with Crippen molar-refractivity contribution >= 4 is 12.4 Å². The number of halogens is 1. The summed E-state index contributed by atoms with van der Waals surface area (Å²) in [5.74, 6) is 5.86. The highest BCUT2D eigenvalue weighted by atomic mass is 35.5. The number of nitrogens with two attached hydrogens (primary N) is 1. The molecule has 84 valence electrons. The van der Waals surface area contributed by atoms with Crippen LogP contribution >= 0.6 is 12.4 Å². The lowest BCUT2D eigenvalue weighted by Crippen LogP contribution is -2.49. The number of rotatable bonds is 1. The number of hydrogen-bond acceptors (Lipinski definition) is 3. The van der Waals surface area contributed by atoms with Gasteiger partial charge in [-0.1, -0.05) is 30.3 Å². The van der Waals surface area contributed by atoms with Gasteiger partial charge in [-0.2, -0.15) is 0 Å². The maximum Gasteiger partial charge on any atom is 0.0991 e. The van der Waals surface area contributed by atoms with Crippen molar-refractivity contribution < 1.29 is 4.74 Å². The van der Waals surface area contributed by atoms with E-state index in [4.69, 9.17) is 10.6 Å². The molecule has 0 bridgehead atoms. The molecule has 1 heterocycles. The van der Waals surface area contributed by atoms with Crippen LogP contribution in [0.25, 0.3) is 0 Å². The van der Waals surface area contributed by atoms with E-state index in [9.17, 15) is 0 Å². The maximum absolute atomic E-state index is 5.86. The Morgan fingerprint density at radius 2 is 2.00 bits per heavy atom. The number of ether oxygens (including phenoxy) is 1. The monoisotopic (exact) mass is 228 g/mol. The fraction of sp³-hybridized carbons (Fsp3) is 0.455. The van der Waals surface area contributed by atoms with E-state index >= 15 is 0 Å². The fourth-order valence-corrected chi connectivity index (χ4v) is 1.82. The summed E-state index contributed by atoms with van der Waals surface area (Å²) in [4.78, 5) is 0. The molecule has 15 heavy (non-hydrogen) atoms. The summed E-state index contributed by atoms with van der Waals surface area (Å²) in [7, 11) is 0. The molecule has 0 saturated carbocycles. The van der Waals surface area contributed by atoms with Gasteiger partial charge in [0.2, 0.25) is 0 Å². The molecule has 0 aromatic heterocycles. The second-order valence-electron chi connectivity index (χ2n) is 3.68. The minimum absolute atomic E-state index is 0. The van der Waals surface area contributed by atoms with Gasteiger partial charge in [0.1, 0.15) is 0 Å². The number of nitrogens with zero attached hydrogens (tertiary/aromatic N) is 1. The molecule has 2 N–H and O–H groups in total. The van der Waals surface area contributed by atoms with Crippen molar-refractivity contribution in [2.24, 2.45) is 5.84 Å². The standard InChI is InChI=1S/C11H16N2O.ClH/c1-9-11(14-8-7-13(9)12)10-5-3-2-4-6-10;/h2-6,9,11H,7-8,12H2,1H3;1H. The number of hydrogen-bond donors (Lipinski definition) is 1. The molecule has 0 spiro atoms. The van der Waals surface area contributed by atoms with Crippen molar-refractivity contribution in [3.8, 4) is 0 Å². The van der Waals surface area contributed by atoms with Crippen molar-refractivity contribution in [2.75, 3.05) is 13.2 Å². The van der Waals surface area contributed by atoms with Gasteiger partial charge in [0, 0.05) is 6.54 Å². The van der Waals surface area contributed by atoms with Crippen molar-refractivity contribution in [3.63, 3.8) is 0 Å². The molecule has 4 heteroatoms. The van der Waals surface area contributed by atoms with E-state index in [2.05, 4.69) is 19.1 Å². The summed E-state index contributed by atoms with van der Waals surface area (Å²) < 4.78 is 5.72. The van der Waals surface area contributed by atoms with Gasteiger partial charge in [0.15, 0.2) is 0 Å². The van der Waals surface area contributed by atoms with Gasteiger partial charge in [-0.3, -0.25) is 5.84 Å². The largest absolute Gasteiger partial charge is 0.370 e. The molecule has 0 radical (unpaired) electrons. The molecule has 1 aliphatic rings. The van der Waals surface area contributed by atoms with Gasteiger partial charge in [-0.15, -0.1) is 12.4 Å². The second-order valence-corrected chi connectivity index (χ2v) is 3.68. The van der Waals surface area contributed by atoms with Crippen LogP contribution in [0, 0.1) is 0 Å². The van der Waals surface area contributed by atoms with Gasteiger partial charge >= 0.3 is 0 Å². The predicted octanol–water partition coefficient (Wildman–Crippen LogP) is 1.74. The molecule has 1 saturated heterocycles. The van der Waals surface area contributed by atoms with Crippen LogP contribution in [0.4, 0.5) is 0 Å². The lowest BCUT2D eigenvalue weighted by atomic mass is 10.0. The van der Waals surface area contributed by atoms with E-state index in [1.54, 1.807) is 0 Å². The molecule has 2 atom stereocenters. The first-order valence-corrected chi connectivity index (χ1v) is 4.97. The molecular formula is C11H17ClN2O. The van der Waals surface area contributed by atoms with E-state index in [0.717, 1.165) is 6.54 Å². The van der Waals surface area contributed by atoms with Gasteiger partial charge in [0.05, 0.1) is 18.8 Å². The van der Waals surface area contributed by atoms with Crippen molar-refractivity contribution in [1.29, 1.82) is 0 Å². The van der Waals surface area contributed by atoms with Crippen molar-refractivity contribution in [1.82, 2.24) is 5.01 Å². The van der Waals surface area contributed by atoms with E-state index < -0.39 is 0 Å². The van der Waals surface area contributed by atoms with Crippen LogP contribution < -0.4 is 5.84 Å². The molecule has 0 amide bonds. The van der Waals surface area contributed by atoms with Gasteiger partial charge in [-0.05, 0) is 12.5 Å². The second kappa shape index (κ2) is 5.47. The zero-order valence-electron chi connectivity index (χ0n) is 8.80. The molecule has 1 fully saturated rings. The Morgan fingerprint density at radius 3 is 2.67 bits per heavy atom. The Balaban J connectivity index is 0.00000112. The molecule has 1 aliphatic heterocycles. The maximum atomic E-state index is 5.86. The zero-order chi connectivity index (χ0) is 9.97. The summed E-state index contributed by atoms with van der Waals surface area (Å²) in [6.45, 7) is 3.61. The predicted molar refractivity (Wildman–Crippen MR) is 62.7 cm³/mol. The number of benzene rings is 1. The van der Waals surface area contributed by atoms with Gasteiger partial charge < -0.3 is 4.74 Å². The van der Waals surface area contributed by atoms with Crippen molar-refractivity contribution in [2.45, 2.75) is 19.1 Å². The minimum atomic E-state index is 0. The van der Waals surface area contributed by atoms with E-state index in [1.165, 1.54) is 5.56 Å². The lowest BCUT2D eigenvalue weighted by molar-refractivity contribution is -0.0676. The lowest BCUT2D eigenvalue weighted by Gasteiger charge is -2.36. The fourth-order valence-electron chi connectivity index (χ4n) is 1.82. The van der Waals surface area contributed by atoms with Crippen molar-refractivity contribution in [3.05, 3.63) is 35.9 Å². The van der Waals surface area contributed by atoms with Crippen LogP contribution in [0.1, 0.15) is 18.6 Å². The highest BCUT2D eigenvalue weighted by molar-refractivity contribution is 5.85. The van der Waals surface area contributed by atoms with Gasteiger partial charge in [0.25, 0.3) is 0 Å². The Labute approximate surface area is 96.6 Å². The zero-order valence-corrected chi connectivity index (χ0v) is 9.61. The molecule has 3 nitrogen and oxygen atoms in total. The highest BCUT2D eigenvalue weighted by Crippen LogP contribution is 2.26. The van der Waals surface area contributed by atoms with Crippen LogP contribution in [0.2, 0.25) is 0 Å². The minimum Gasteiger partial charge on any atom is -0.370 e. The third-order valence-corrected chi connectivity index (χ3v) is 2.74. The third-order valence-electron chi connectivity index (χ3n) is 2.74. The summed E-state index contributed by atoms with van der Waals surface area (Å²) in [6.07, 6.45) is 0.106. The van der Waals surface area contributed by atoms with Crippen LogP contribution in [0.3, 0.4) is 0 Å². The Morgan fingerprint density at radius 1 is 1.33 bits per heavy atom. The smallest absolute Gasteiger partial charge is 0.0991 e. The van der Waals surface area contributed by atoms with E-state index in [1.807, 2.05) is 23.2 Å². The molecule has 2 rings (SSSR count). The number of hydrazine groups is 1. The van der Waals surface area contributed by atoms with Gasteiger partial charge in [-0.25, -0.2) is 5.01 Å². The highest BCUT2D eigenvalue weighted by Gasteiger charge is 2.27. The first-order chi connectivity index (χ1) is 6.79. The third kappa shape index (κ3) is 2.69. The first kappa shape index (κ1) is 12.5. The molecular weight excluding hydrogens is 212 g/mol. The van der Waals surface area contributed by atoms with E-state index in [-0.39, 0.29) is 24.6 Å². The van der Waals surface area contributed by atoms with Crippen LogP contribution in [-0.4, -0.2) is 24.2 Å². The first-order valence-electron chi connectivity index (χ1n) is 4.97. The van der Waals surface area contributed by atoms with Crippen LogP contribution in [-0.2, 0) is 4.74 Å². The molecule has 1 aromatic rings. The molecule has 0 aliphatic carbocycles. The van der Waals surface area contributed by atoms with E-state index in [0.29, 0.717) is 6.61 Å². The SMILES string of the molecule is CC1C(c2ccccc2)OCCN1N.Cl. The Kier molecular flexibility index (Phi) is 4.54. The summed E-state index contributed by atoms with van der Waals surface area (Å²) >= 11 is 0. The average molecular weight is 229 g/mol. The summed E-state index contributed by atoms with van der Waals surface area (Å²) in [5.41, 5.74) is 1.20.